The molecule has 4 nitrogen and oxygen atoms in total. The number of hydrogen-bond donors (Lipinski definition) is 2. The number of hydrogen-bond acceptors (Lipinski definition) is 2. The van der Waals surface area contributed by atoms with E-state index in [2.05, 4.69) is 27.4 Å². The van der Waals surface area contributed by atoms with E-state index in [4.69, 9.17) is 11.6 Å². The number of nitrogens with zero attached hydrogens (tertiary/aromatic N) is 2. The van der Waals surface area contributed by atoms with Crippen molar-refractivity contribution in [3.05, 3.63) is 34.9 Å². The van der Waals surface area contributed by atoms with E-state index in [9.17, 15) is 0 Å². The van der Waals surface area contributed by atoms with Crippen molar-refractivity contribution >= 4 is 17.6 Å². The summed E-state index contributed by atoms with van der Waals surface area (Å²) in [5, 5.41) is 7.53. The molecule has 21 heavy (non-hydrogen) atoms. The number of aliphatic imine (C=N–C) groups is 1. The van der Waals surface area contributed by atoms with E-state index in [1.165, 1.54) is 24.9 Å². The van der Waals surface area contributed by atoms with Crippen LogP contribution >= 0.6 is 11.6 Å². The van der Waals surface area contributed by atoms with E-state index in [0.29, 0.717) is 6.04 Å². The fraction of sp³-hybridized carbons (Fsp3) is 0.562. The Morgan fingerprint density at radius 2 is 2.10 bits per heavy atom. The topological polar surface area (TPSA) is 39.7 Å². The van der Waals surface area contributed by atoms with Gasteiger partial charge in [-0.1, -0.05) is 30.7 Å². The predicted octanol–water partition coefficient (Wildman–Crippen LogP) is 2.49. The summed E-state index contributed by atoms with van der Waals surface area (Å²) < 4.78 is 0. The normalized spacial score (nSPS) is 19.8. The maximum absolute atomic E-state index is 5.89. The van der Waals surface area contributed by atoms with Crippen LogP contribution in [-0.2, 0) is 6.54 Å². The van der Waals surface area contributed by atoms with Crippen molar-refractivity contribution < 1.29 is 0 Å². The van der Waals surface area contributed by atoms with Gasteiger partial charge in [-0.25, -0.2) is 0 Å². The molecule has 0 bridgehead atoms. The molecule has 1 heterocycles. The minimum Gasteiger partial charge on any atom is -0.355 e. The molecule has 2 rings (SSSR count). The van der Waals surface area contributed by atoms with Crippen molar-refractivity contribution in [2.24, 2.45) is 4.99 Å². The Balaban J connectivity index is 1.77. The molecule has 0 radical (unpaired) electrons. The Morgan fingerprint density at radius 1 is 1.33 bits per heavy atom. The monoisotopic (exact) mass is 308 g/mol. The van der Waals surface area contributed by atoms with Crippen molar-refractivity contribution in [2.45, 2.75) is 32.4 Å². The Morgan fingerprint density at radius 3 is 2.76 bits per heavy atom. The molecule has 116 valence electrons. The lowest BCUT2D eigenvalue weighted by molar-refractivity contribution is 0.267. The molecule has 1 saturated heterocycles. The van der Waals surface area contributed by atoms with Crippen LogP contribution in [0.1, 0.15) is 25.3 Å². The number of guanidine groups is 1. The van der Waals surface area contributed by atoms with E-state index >= 15 is 0 Å². The Kier molecular flexibility index (Phi) is 6.33. The lowest BCUT2D eigenvalue weighted by Crippen LogP contribution is -2.44. The molecule has 1 aromatic carbocycles. The highest BCUT2D eigenvalue weighted by Crippen LogP contribution is 2.15. The highest BCUT2D eigenvalue weighted by atomic mass is 35.5. The zero-order valence-electron chi connectivity index (χ0n) is 12.9. The van der Waals surface area contributed by atoms with Gasteiger partial charge in [-0.05, 0) is 43.6 Å². The van der Waals surface area contributed by atoms with Gasteiger partial charge in [0.1, 0.15) is 0 Å². The fourth-order valence-electron chi connectivity index (χ4n) is 2.77. The number of halogens is 1. The highest BCUT2D eigenvalue weighted by molar-refractivity contribution is 6.30. The second-order valence-electron chi connectivity index (χ2n) is 5.36. The molecule has 1 unspecified atom stereocenters. The van der Waals surface area contributed by atoms with Gasteiger partial charge in [0.15, 0.2) is 5.96 Å². The zero-order chi connectivity index (χ0) is 15.1. The molecule has 1 aliphatic heterocycles. The fourth-order valence-corrected chi connectivity index (χ4v) is 2.89. The van der Waals surface area contributed by atoms with Crippen molar-refractivity contribution in [1.29, 1.82) is 0 Å². The Bertz CT molecular complexity index is 458. The average molecular weight is 309 g/mol. The van der Waals surface area contributed by atoms with Crippen LogP contribution in [0.15, 0.2) is 29.3 Å². The highest BCUT2D eigenvalue weighted by Gasteiger charge is 2.22. The summed E-state index contributed by atoms with van der Waals surface area (Å²) in [5.74, 6) is 0.855. The van der Waals surface area contributed by atoms with Crippen molar-refractivity contribution in [2.75, 3.05) is 26.7 Å². The Hall–Kier alpha value is -1.26. The Labute approximate surface area is 132 Å². The van der Waals surface area contributed by atoms with Crippen LogP contribution in [0.25, 0.3) is 0 Å². The molecule has 0 aromatic heterocycles. The molecular weight excluding hydrogens is 284 g/mol. The smallest absolute Gasteiger partial charge is 0.191 e. The van der Waals surface area contributed by atoms with Gasteiger partial charge in [0.2, 0.25) is 0 Å². The lowest BCUT2D eigenvalue weighted by atomic mass is 10.2. The first-order chi connectivity index (χ1) is 10.2. The number of benzene rings is 1. The predicted molar refractivity (Wildman–Crippen MR) is 89.9 cm³/mol. The van der Waals surface area contributed by atoms with Crippen LogP contribution < -0.4 is 10.6 Å². The first kappa shape index (κ1) is 16.1. The maximum Gasteiger partial charge on any atom is 0.191 e. The van der Waals surface area contributed by atoms with Gasteiger partial charge in [0, 0.05) is 31.2 Å². The molecular formula is C16H25ClN4. The number of nitrogens with one attached hydrogen (secondary N) is 2. The molecule has 1 aromatic rings. The summed E-state index contributed by atoms with van der Waals surface area (Å²) in [4.78, 5) is 6.81. The summed E-state index contributed by atoms with van der Waals surface area (Å²) in [7, 11) is 1.81. The number of likely N-dealkylation sites (N-methyl/N-ethyl adjacent to an activating group) is 1. The van der Waals surface area contributed by atoms with E-state index in [1.807, 2.05) is 31.3 Å². The van der Waals surface area contributed by atoms with Crippen LogP contribution in [0.2, 0.25) is 5.02 Å². The summed E-state index contributed by atoms with van der Waals surface area (Å²) in [6.07, 6.45) is 2.58. The maximum atomic E-state index is 5.89. The van der Waals surface area contributed by atoms with Crippen LogP contribution in [0.3, 0.4) is 0 Å². The third-order valence-electron chi connectivity index (χ3n) is 4.01. The second kappa shape index (κ2) is 8.25. The summed E-state index contributed by atoms with van der Waals surface area (Å²) in [5.41, 5.74) is 1.19. The first-order valence-electron chi connectivity index (χ1n) is 7.66. The van der Waals surface area contributed by atoms with Crippen molar-refractivity contribution in [3.8, 4) is 0 Å². The number of rotatable bonds is 5. The molecule has 0 amide bonds. The van der Waals surface area contributed by atoms with Gasteiger partial charge in [0.25, 0.3) is 0 Å². The van der Waals surface area contributed by atoms with Crippen LogP contribution in [0, 0.1) is 0 Å². The number of likely N-dealkylation sites (tertiary alicyclic amines) is 1. The quantitative estimate of drug-likeness (QED) is 0.648. The molecule has 5 heteroatoms. The van der Waals surface area contributed by atoms with Crippen LogP contribution in [0.4, 0.5) is 0 Å². The van der Waals surface area contributed by atoms with Gasteiger partial charge < -0.3 is 10.6 Å². The van der Waals surface area contributed by atoms with E-state index in [1.54, 1.807) is 0 Å². The van der Waals surface area contributed by atoms with Crippen LogP contribution in [0.5, 0.6) is 0 Å². The van der Waals surface area contributed by atoms with Gasteiger partial charge >= 0.3 is 0 Å². The third-order valence-corrected chi connectivity index (χ3v) is 4.26. The standard InChI is InChI=1S/C16H25ClN4/c1-3-21-10-4-5-15(21)12-20-16(18-2)19-11-13-6-8-14(17)9-7-13/h6-9,15H,3-5,10-12H2,1-2H3,(H2,18,19,20). The first-order valence-corrected chi connectivity index (χ1v) is 8.03. The van der Waals surface area contributed by atoms with E-state index in [0.717, 1.165) is 30.6 Å². The van der Waals surface area contributed by atoms with Gasteiger partial charge in [-0.3, -0.25) is 9.89 Å². The van der Waals surface area contributed by atoms with Crippen molar-refractivity contribution in [1.82, 2.24) is 15.5 Å². The SMILES string of the molecule is CCN1CCCC1CNC(=NC)NCc1ccc(Cl)cc1. The molecule has 1 atom stereocenters. The third kappa shape index (κ3) is 4.90. The summed E-state index contributed by atoms with van der Waals surface area (Å²) in [6, 6.07) is 8.50. The largest absolute Gasteiger partial charge is 0.355 e. The van der Waals surface area contributed by atoms with Crippen LogP contribution in [-0.4, -0.2) is 43.6 Å². The zero-order valence-corrected chi connectivity index (χ0v) is 13.7. The van der Waals surface area contributed by atoms with Gasteiger partial charge in [-0.2, -0.15) is 0 Å². The average Bonchev–Trinajstić information content (AvgIpc) is 2.96. The molecule has 1 aliphatic rings. The molecule has 0 saturated carbocycles. The summed E-state index contributed by atoms with van der Waals surface area (Å²) in [6.45, 7) is 6.28. The molecule has 1 fully saturated rings. The minimum atomic E-state index is 0.629. The van der Waals surface area contributed by atoms with E-state index in [-0.39, 0.29) is 0 Å². The summed E-state index contributed by atoms with van der Waals surface area (Å²) >= 11 is 5.89. The molecule has 2 N–H and O–H groups in total. The minimum absolute atomic E-state index is 0.629. The van der Waals surface area contributed by atoms with E-state index < -0.39 is 0 Å². The molecule has 0 spiro atoms. The van der Waals surface area contributed by atoms with Gasteiger partial charge in [0.05, 0.1) is 0 Å². The molecule has 0 aliphatic carbocycles. The van der Waals surface area contributed by atoms with Crippen molar-refractivity contribution in [3.63, 3.8) is 0 Å². The van der Waals surface area contributed by atoms with Gasteiger partial charge in [-0.15, -0.1) is 0 Å². The lowest BCUT2D eigenvalue weighted by Gasteiger charge is -2.24. The second-order valence-corrected chi connectivity index (χ2v) is 5.79.